The van der Waals surface area contributed by atoms with Crippen LogP contribution in [0.4, 0.5) is 0 Å². The Morgan fingerprint density at radius 2 is 0.560 bits per heavy atom. The van der Waals surface area contributed by atoms with E-state index in [-0.39, 0.29) is 25.7 Å². The summed E-state index contributed by atoms with van der Waals surface area (Å²) in [5.41, 5.74) is 0. The summed E-state index contributed by atoms with van der Waals surface area (Å²) < 4.78 is 68.4. The molecule has 0 spiro atoms. The molecule has 0 amide bonds. The van der Waals surface area contributed by atoms with Gasteiger partial charge in [0.1, 0.15) is 19.3 Å². The minimum Gasteiger partial charge on any atom is -0.462 e. The summed E-state index contributed by atoms with van der Waals surface area (Å²) >= 11 is 0. The Morgan fingerprint density at radius 3 is 0.900 bits per heavy atom. The number of esters is 4. The number of carbonyl (C=O) groups is 4. The third-order valence-electron chi connectivity index (χ3n) is 15.6. The van der Waals surface area contributed by atoms with Gasteiger partial charge >= 0.3 is 39.5 Å². The van der Waals surface area contributed by atoms with Gasteiger partial charge in [0.15, 0.2) is 12.2 Å². The van der Waals surface area contributed by atoms with Crippen LogP contribution in [-0.4, -0.2) is 96.7 Å². The first-order chi connectivity index (χ1) is 48.7. The number of phosphoric ester groups is 2. The fourth-order valence-corrected chi connectivity index (χ4v) is 11.4. The Kier molecular flexibility index (Phi) is 69.1. The van der Waals surface area contributed by atoms with Crippen LogP contribution in [0.5, 0.6) is 0 Å². The number of hydrogen-bond donors (Lipinski definition) is 3. The SMILES string of the molecule is CC/C=C\C/C=C\C/C=C\C/C=C\C/C=C\C/C=C\CCC(=O)OCC(COP(=O)(O)OCC(O)COP(=O)(O)OCC(COC(=O)CCCCCCC/C=C\C/C=C\C/C=C\CC)OC(=O)CCCCCCC/C=C\C/C=C\CCC)OC(=O)CCCCCCCCCCCCCCC. The predicted molar refractivity (Wildman–Crippen MR) is 408 cm³/mol. The van der Waals surface area contributed by atoms with Gasteiger partial charge in [-0.15, -0.1) is 0 Å². The molecule has 0 aromatic rings. The zero-order valence-electron chi connectivity index (χ0n) is 62.3. The third kappa shape index (κ3) is 71.6. The Morgan fingerprint density at radius 1 is 0.290 bits per heavy atom. The van der Waals surface area contributed by atoms with Crippen molar-refractivity contribution in [2.24, 2.45) is 0 Å². The van der Waals surface area contributed by atoms with Crippen LogP contribution in [-0.2, 0) is 65.4 Å². The second kappa shape index (κ2) is 72.5. The van der Waals surface area contributed by atoms with E-state index >= 15 is 0 Å². The standard InChI is InChI=1S/C81H136O17P2/c1-5-9-13-17-21-25-29-33-35-36-37-38-40-44-46-50-54-58-62-66-79(84)92-72-77(98-81(86)68-64-60-56-52-48-42-32-28-24-20-16-12-8-4)74-96-100(89,90)94-70-75(82)69-93-99(87,88)95-73-76(97-80(85)67-63-59-55-51-47-41-31-27-23-19-15-11-7-3)71-91-78(83)65-61-57-53-49-45-43-39-34-30-26-22-18-14-10-6-2/h9-10,13-15,19,21-22,25-27,31,33-35,37-39,44,46,54,58,75-77,82H,5-8,11-12,16-18,20,23-24,28-30,32,36,40-43,45,47-53,55-57,59-74H2,1-4H3,(H,87,88)(H,89,90)/b13-9-,14-10-,19-15-,25-21-,26-22-,31-27-,35-33-,38-37-,39-34-,46-44-,58-54-. The lowest BCUT2D eigenvalue weighted by Gasteiger charge is -2.21. The van der Waals surface area contributed by atoms with Crippen molar-refractivity contribution in [3.05, 3.63) is 134 Å². The summed E-state index contributed by atoms with van der Waals surface area (Å²) in [6.07, 6.45) is 80.3. The number of rotatable bonds is 71. The minimum atomic E-state index is -4.99. The summed E-state index contributed by atoms with van der Waals surface area (Å²) in [5, 5.41) is 10.6. The number of aliphatic hydroxyl groups excluding tert-OH is 1. The van der Waals surface area contributed by atoms with Crippen molar-refractivity contribution in [1.82, 2.24) is 0 Å². The molecule has 0 rings (SSSR count). The van der Waals surface area contributed by atoms with Crippen LogP contribution < -0.4 is 0 Å². The molecule has 572 valence electrons. The minimum absolute atomic E-state index is 0.0349. The Bertz CT molecular complexity index is 2420. The van der Waals surface area contributed by atoms with Crippen molar-refractivity contribution in [1.29, 1.82) is 0 Å². The molecule has 5 unspecified atom stereocenters. The lowest BCUT2D eigenvalue weighted by molar-refractivity contribution is -0.161. The fraction of sp³-hybridized carbons (Fsp3) is 0.679. The maximum atomic E-state index is 13.1. The Labute approximate surface area is 605 Å². The molecule has 0 aliphatic heterocycles. The van der Waals surface area contributed by atoms with Crippen molar-refractivity contribution in [2.75, 3.05) is 39.6 Å². The van der Waals surface area contributed by atoms with E-state index in [1.807, 2.05) is 18.2 Å². The third-order valence-corrected chi connectivity index (χ3v) is 17.5. The van der Waals surface area contributed by atoms with E-state index < -0.39 is 97.5 Å². The zero-order valence-corrected chi connectivity index (χ0v) is 64.1. The number of carbonyl (C=O) groups excluding carboxylic acids is 4. The van der Waals surface area contributed by atoms with Crippen molar-refractivity contribution in [2.45, 2.75) is 316 Å². The lowest BCUT2D eigenvalue weighted by Crippen LogP contribution is -2.30. The van der Waals surface area contributed by atoms with Crippen LogP contribution in [0, 0.1) is 0 Å². The molecule has 0 fully saturated rings. The zero-order chi connectivity index (χ0) is 73.2. The Hall–Kier alpha value is -4.80. The van der Waals surface area contributed by atoms with Gasteiger partial charge < -0.3 is 33.8 Å². The second-order valence-electron chi connectivity index (χ2n) is 25.2. The molecule has 5 atom stereocenters. The number of phosphoric acid groups is 2. The molecule has 19 heteroatoms. The highest BCUT2D eigenvalue weighted by molar-refractivity contribution is 7.47. The molecule has 0 saturated carbocycles. The quantitative estimate of drug-likeness (QED) is 0.0169. The molecule has 0 heterocycles. The summed E-state index contributed by atoms with van der Waals surface area (Å²) in [7, 11) is -9.98. The van der Waals surface area contributed by atoms with Gasteiger partial charge in [-0.1, -0.05) is 283 Å². The van der Waals surface area contributed by atoms with E-state index in [1.54, 1.807) is 0 Å². The van der Waals surface area contributed by atoms with E-state index in [9.17, 15) is 43.2 Å². The van der Waals surface area contributed by atoms with Crippen molar-refractivity contribution >= 4 is 39.5 Å². The largest absolute Gasteiger partial charge is 0.472 e. The molecular weight excluding hydrogens is 1310 g/mol. The van der Waals surface area contributed by atoms with Gasteiger partial charge in [-0.05, 0) is 122 Å². The van der Waals surface area contributed by atoms with Crippen LogP contribution in [0.3, 0.4) is 0 Å². The molecule has 0 saturated heterocycles. The number of hydrogen-bond acceptors (Lipinski definition) is 15. The van der Waals surface area contributed by atoms with Crippen LogP contribution >= 0.6 is 15.6 Å². The highest BCUT2D eigenvalue weighted by Gasteiger charge is 2.30. The first-order valence-electron chi connectivity index (χ1n) is 38.4. The topological polar surface area (TPSA) is 237 Å². The van der Waals surface area contributed by atoms with Gasteiger partial charge in [-0.2, -0.15) is 0 Å². The summed E-state index contributed by atoms with van der Waals surface area (Å²) in [6.45, 7) is 4.46. The highest BCUT2D eigenvalue weighted by Crippen LogP contribution is 2.45. The molecule has 17 nitrogen and oxygen atoms in total. The summed E-state index contributed by atoms with van der Waals surface area (Å²) in [6, 6.07) is 0. The van der Waals surface area contributed by atoms with Crippen LogP contribution in [0.1, 0.15) is 297 Å². The predicted octanol–water partition coefficient (Wildman–Crippen LogP) is 22.1. The number of ether oxygens (including phenoxy) is 4. The molecule has 100 heavy (non-hydrogen) atoms. The molecule has 0 aliphatic carbocycles. The molecule has 0 aromatic heterocycles. The first-order valence-corrected chi connectivity index (χ1v) is 41.4. The van der Waals surface area contributed by atoms with E-state index in [2.05, 4.69) is 143 Å². The van der Waals surface area contributed by atoms with Gasteiger partial charge in [0.25, 0.3) is 0 Å². The van der Waals surface area contributed by atoms with Gasteiger partial charge in [0.2, 0.25) is 0 Å². The van der Waals surface area contributed by atoms with Crippen LogP contribution in [0.15, 0.2) is 134 Å². The van der Waals surface area contributed by atoms with E-state index in [0.717, 1.165) is 161 Å². The maximum absolute atomic E-state index is 13.1. The molecule has 0 aromatic carbocycles. The highest BCUT2D eigenvalue weighted by atomic mass is 31.2. The monoisotopic (exact) mass is 1440 g/mol. The van der Waals surface area contributed by atoms with E-state index in [1.165, 1.54) is 51.4 Å². The smallest absolute Gasteiger partial charge is 0.462 e. The molecule has 0 bridgehead atoms. The normalized spacial score (nSPS) is 14.7. The average Bonchev–Trinajstić information content (AvgIpc) is 0.935. The first kappa shape index (κ1) is 95.2. The van der Waals surface area contributed by atoms with Crippen LogP contribution in [0.2, 0.25) is 0 Å². The fourth-order valence-electron chi connectivity index (χ4n) is 9.83. The van der Waals surface area contributed by atoms with Gasteiger partial charge in [-0.25, -0.2) is 9.13 Å². The van der Waals surface area contributed by atoms with E-state index in [4.69, 9.17) is 37.0 Å². The van der Waals surface area contributed by atoms with Gasteiger partial charge in [0, 0.05) is 25.7 Å². The summed E-state index contributed by atoms with van der Waals surface area (Å²) in [5.74, 6) is -2.31. The molecular formula is C81H136O17P2. The average molecular weight is 1440 g/mol. The van der Waals surface area contributed by atoms with Gasteiger partial charge in [-0.3, -0.25) is 37.3 Å². The number of allylic oxidation sites excluding steroid dienone is 22. The lowest BCUT2D eigenvalue weighted by atomic mass is 10.0. The van der Waals surface area contributed by atoms with Crippen molar-refractivity contribution in [3.63, 3.8) is 0 Å². The molecule has 0 aliphatic rings. The van der Waals surface area contributed by atoms with E-state index in [0.29, 0.717) is 32.1 Å². The summed E-state index contributed by atoms with van der Waals surface area (Å²) in [4.78, 5) is 72.8. The van der Waals surface area contributed by atoms with Crippen molar-refractivity contribution < 1.29 is 80.2 Å². The van der Waals surface area contributed by atoms with Gasteiger partial charge in [0.05, 0.1) is 26.4 Å². The van der Waals surface area contributed by atoms with Crippen LogP contribution in [0.25, 0.3) is 0 Å². The number of aliphatic hydroxyl groups is 1. The van der Waals surface area contributed by atoms with Crippen molar-refractivity contribution in [3.8, 4) is 0 Å². The maximum Gasteiger partial charge on any atom is 0.472 e. The number of unbranched alkanes of at least 4 members (excludes halogenated alkanes) is 23. The second-order valence-corrected chi connectivity index (χ2v) is 28.1. The Balaban J connectivity index is 5.41. The molecule has 0 radical (unpaired) electrons. The molecule has 3 N–H and O–H groups in total.